The first-order chi connectivity index (χ1) is 12.0. The SMILES string of the molecule is COc1ccc(CCNC(=O)[C@H]2CS[C@]3(C)CCC(=O)N23)cc1OC. The quantitative estimate of drug-likeness (QED) is 0.834. The number of thioether (sulfide) groups is 1. The van der Waals surface area contributed by atoms with E-state index in [-0.39, 0.29) is 22.7 Å². The summed E-state index contributed by atoms with van der Waals surface area (Å²) >= 11 is 1.71. The van der Waals surface area contributed by atoms with Gasteiger partial charge in [-0.15, -0.1) is 11.8 Å². The van der Waals surface area contributed by atoms with Crippen molar-refractivity contribution >= 4 is 23.6 Å². The van der Waals surface area contributed by atoms with E-state index in [2.05, 4.69) is 12.2 Å². The highest BCUT2D eigenvalue weighted by Gasteiger charge is 2.52. The Hall–Kier alpha value is -1.89. The summed E-state index contributed by atoms with van der Waals surface area (Å²) < 4.78 is 10.5. The first-order valence-corrected chi connectivity index (χ1v) is 9.42. The highest BCUT2D eigenvalue weighted by atomic mass is 32.2. The number of carbonyl (C=O) groups excluding carboxylic acids is 2. The maximum absolute atomic E-state index is 12.5. The molecule has 1 aromatic rings. The van der Waals surface area contributed by atoms with Gasteiger partial charge in [-0.05, 0) is 37.5 Å². The zero-order valence-corrected chi connectivity index (χ0v) is 15.6. The molecule has 0 spiro atoms. The van der Waals surface area contributed by atoms with Crippen molar-refractivity contribution in [3.63, 3.8) is 0 Å². The van der Waals surface area contributed by atoms with Crippen molar-refractivity contribution in [1.29, 1.82) is 0 Å². The second-order valence-electron chi connectivity index (χ2n) is 6.50. The summed E-state index contributed by atoms with van der Waals surface area (Å²) in [6.07, 6.45) is 2.06. The third-order valence-electron chi connectivity index (χ3n) is 4.91. The lowest BCUT2D eigenvalue weighted by atomic mass is 10.1. The van der Waals surface area contributed by atoms with E-state index in [0.717, 1.165) is 12.0 Å². The lowest BCUT2D eigenvalue weighted by Gasteiger charge is -2.29. The summed E-state index contributed by atoms with van der Waals surface area (Å²) in [5, 5.41) is 2.97. The number of nitrogens with one attached hydrogen (secondary N) is 1. The van der Waals surface area contributed by atoms with Gasteiger partial charge in [0, 0.05) is 18.7 Å². The summed E-state index contributed by atoms with van der Waals surface area (Å²) in [4.78, 5) is 26.2. The van der Waals surface area contributed by atoms with E-state index < -0.39 is 0 Å². The van der Waals surface area contributed by atoms with Crippen molar-refractivity contribution in [2.45, 2.75) is 37.1 Å². The molecule has 2 fully saturated rings. The molecule has 25 heavy (non-hydrogen) atoms. The molecule has 2 aliphatic rings. The Bertz CT molecular complexity index is 681. The second kappa shape index (κ2) is 7.15. The van der Waals surface area contributed by atoms with Crippen LogP contribution < -0.4 is 14.8 Å². The minimum Gasteiger partial charge on any atom is -0.493 e. The lowest BCUT2D eigenvalue weighted by molar-refractivity contribution is -0.137. The van der Waals surface area contributed by atoms with Gasteiger partial charge in [0.2, 0.25) is 11.8 Å². The molecule has 1 aromatic carbocycles. The van der Waals surface area contributed by atoms with Crippen molar-refractivity contribution < 1.29 is 19.1 Å². The Morgan fingerprint density at radius 1 is 1.36 bits per heavy atom. The minimum absolute atomic E-state index is 0.0630. The van der Waals surface area contributed by atoms with Crippen molar-refractivity contribution in [3.05, 3.63) is 23.8 Å². The van der Waals surface area contributed by atoms with Crippen LogP contribution in [0.3, 0.4) is 0 Å². The summed E-state index contributed by atoms with van der Waals surface area (Å²) in [6, 6.07) is 5.38. The first-order valence-electron chi connectivity index (χ1n) is 8.43. The molecule has 2 aliphatic heterocycles. The third kappa shape index (κ3) is 3.42. The van der Waals surface area contributed by atoms with E-state index in [1.54, 1.807) is 30.9 Å². The number of methoxy groups -OCH3 is 2. The first kappa shape index (κ1) is 17.9. The molecule has 6 nitrogen and oxygen atoms in total. The van der Waals surface area contributed by atoms with Crippen LogP contribution >= 0.6 is 11.8 Å². The van der Waals surface area contributed by atoms with E-state index >= 15 is 0 Å². The third-order valence-corrected chi connectivity index (χ3v) is 6.41. The van der Waals surface area contributed by atoms with Crippen LogP contribution in [0.4, 0.5) is 0 Å². The maximum atomic E-state index is 12.5. The molecule has 2 atom stereocenters. The standard InChI is InChI=1S/C18H24N2O4S/c1-18-8-6-16(21)20(18)13(11-25-18)17(22)19-9-7-12-4-5-14(23-2)15(10-12)24-3/h4-5,10,13H,6-9,11H2,1-3H3,(H,19,22)/t13-,18-/m1/s1. The number of hydrogen-bond acceptors (Lipinski definition) is 5. The fourth-order valence-corrected chi connectivity index (χ4v) is 4.93. The van der Waals surface area contributed by atoms with Crippen LogP contribution in [0.1, 0.15) is 25.3 Å². The molecule has 0 bridgehead atoms. The fourth-order valence-electron chi connectivity index (χ4n) is 3.50. The van der Waals surface area contributed by atoms with E-state index in [1.165, 1.54) is 0 Å². The van der Waals surface area contributed by atoms with Crippen LogP contribution in [0.15, 0.2) is 18.2 Å². The van der Waals surface area contributed by atoms with Gasteiger partial charge in [-0.3, -0.25) is 9.59 Å². The van der Waals surface area contributed by atoms with Gasteiger partial charge >= 0.3 is 0 Å². The number of hydrogen-bond donors (Lipinski definition) is 1. The zero-order chi connectivity index (χ0) is 18.0. The Kier molecular flexibility index (Phi) is 5.13. The molecule has 7 heteroatoms. The molecule has 3 rings (SSSR count). The van der Waals surface area contributed by atoms with Crippen LogP contribution in [0.2, 0.25) is 0 Å². The van der Waals surface area contributed by atoms with Crippen LogP contribution in [0.5, 0.6) is 11.5 Å². The van der Waals surface area contributed by atoms with Gasteiger partial charge in [0.15, 0.2) is 11.5 Å². The molecule has 0 unspecified atom stereocenters. The van der Waals surface area contributed by atoms with Crippen molar-refractivity contribution in [1.82, 2.24) is 10.2 Å². The average Bonchev–Trinajstić information content (AvgIpc) is 3.11. The van der Waals surface area contributed by atoms with E-state index in [4.69, 9.17) is 9.47 Å². The average molecular weight is 364 g/mol. The van der Waals surface area contributed by atoms with E-state index in [0.29, 0.717) is 36.6 Å². The molecule has 136 valence electrons. The van der Waals surface area contributed by atoms with Crippen LogP contribution in [-0.2, 0) is 16.0 Å². The molecule has 2 amide bonds. The predicted octanol–water partition coefficient (Wildman–Crippen LogP) is 1.82. The summed E-state index contributed by atoms with van der Waals surface area (Å²) in [5.41, 5.74) is 1.06. The number of fused-ring (bicyclic) bond motifs is 1. The number of ether oxygens (including phenoxy) is 2. The molecule has 0 radical (unpaired) electrons. The Morgan fingerprint density at radius 2 is 2.12 bits per heavy atom. The van der Waals surface area contributed by atoms with Gasteiger partial charge < -0.3 is 19.7 Å². The number of rotatable bonds is 6. The lowest BCUT2D eigenvalue weighted by Crippen LogP contribution is -2.50. The van der Waals surface area contributed by atoms with Gasteiger partial charge in [0.25, 0.3) is 0 Å². The zero-order valence-electron chi connectivity index (χ0n) is 14.8. The predicted molar refractivity (Wildman–Crippen MR) is 97.0 cm³/mol. The molecule has 0 aliphatic carbocycles. The van der Waals surface area contributed by atoms with Crippen molar-refractivity contribution in [3.8, 4) is 11.5 Å². The second-order valence-corrected chi connectivity index (χ2v) is 8.00. The maximum Gasteiger partial charge on any atom is 0.243 e. The molecule has 0 aromatic heterocycles. The Morgan fingerprint density at radius 3 is 2.84 bits per heavy atom. The monoisotopic (exact) mass is 364 g/mol. The number of benzene rings is 1. The smallest absolute Gasteiger partial charge is 0.243 e. The highest BCUT2D eigenvalue weighted by molar-refractivity contribution is 8.01. The molecular formula is C18H24N2O4S. The summed E-state index contributed by atoms with van der Waals surface area (Å²) in [7, 11) is 3.20. The molecule has 0 saturated carbocycles. The number of amides is 2. The van der Waals surface area contributed by atoms with Gasteiger partial charge in [-0.1, -0.05) is 6.07 Å². The van der Waals surface area contributed by atoms with E-state index in [9.17, 15) is 9.59 Å². The summed E-state index contributed by atoms with van der Waals surface area (Å²) in [6.45, 7) is 2.58. The minimum atomic E-state index is -0.351. The van der Waals surface area contributed by atoms with Crippen LogP contribution in [0, 0.1) is 0 Å². The molecular weight excluding hydrogens is 340 g/mol. The molecule has 2 heterocycles. The Labute approximate surface area is 152 Å². The number of carbonyl (C=O) groups is 2. The molecule has 2 saturated heterocycles. The van der Waals surface area contributed by atoms with Crippen LogP contribution in [-0.4, -0.2) is 54.1 Å². The fraction of sp³-hybridized carbons (Fsp3) is 0.556. The molecule has 1 N–H and O–H groups in total. The highest BCUT2D eigenvalue weighted by Crippen LogP contribution is 2.47. The number of nitrogens with zero attached hydrogens (tertiary/aromatic N) is 1. The van der Waals surface area contributed by atoms with Gasteiger partial charge in [-0.2, -0.15) is 0 Å². The van der Waals surface area contributed by atoms with Crippen molar-refractivity contribution in [2.75, 3.05) is 26.5 Å². The topological polar surface area (TPSA) is 67.9 Å². The normalized spacial score (nSPS) is 25.0. The van der Waals surface area contributed by atoms with Gasteiger partial charge in [0.05, 0.1) is 19.1 Å². The summed E-state index contributed by atoms with van der Waals surface area (Å²) in [5.74, 6) is 2.06. The largest absolute Gasteiger partial charge is 0.493 e. The van der Waals surface area contributed by atoms with Crippen molar-refractivity contribution in [2.24, 2.45) is 0 Å². The Balaban J connectivity index is 1.56. The van der Waals surface area contributed by atoms with Gasteiger partial charge in [-0.25, -0.2) is 0 Å². The van der Waals surface area contributed by atoms with Gasteiger partial charge in [0.1, 0.15) is 6.04 Å². The van der Waals surface area contributed by atoms with Crippen LogP contribution in [0.25, 0.3) is 0 Å². The van der Waals surface area contributed by atoms with E-state index in [1.807, 2.05) is 18.2 Å².